The van der Waals surface area contributed by atoms with E-state index in [0.29, 0.717) is 38.0 Å². The van der Waals surface area contributed by atoms with Gasteiger partial charge in [0.15, 0.2) is 5.96 Å². The second-order valence-electron chi connectivity index (χ2n) is 6.79. The highest BCUT2D eigenvalue weighted by Gasteiger charge is 2.15. The van der Waals surface area contributed by atoms with E-state index in [4.69, 9.17) is 4.74 Å². The van der Waals surface area contributed by atoms with Gasteiger partial charge < -0.3 is 20.3 Å². The maximum atomic E-state index is 14.5. The first-order valence-corrected chi connectivity index (χ1v) is 9.83. The molecule has 2 N–H and O–H groups in total. The molecule has 0 radical (unpaired) electrons. The number of aryl methyl sites for hydroxylation is 1. The van der Waals surface area contributed by atoms with Gasteiger partial charge in [0.05, 0.1) is 18.9 Å². The summed E-state index contributed by atoms with van der Waals surface area (Å²) in [6.45, 7) is 6.11. The molecule has 1 aliphatic heterocycles. The van der Waals surface area contributed by atoms with Crippen molar-refractivity contribution in [3.05, 3.63) is 65.0 Å². The molecule has 5 nitrogen and oxygen atoms in total. The van der Waals surface area contributed by atoms with Gasteiger partial charge in [-0.25, -0.2) is 4.39 Å². The molecule has 0 spiro atoms. The number of morpholine rings is 1. The van der Waals surface area contributed by atoms with Crippen LogP contribution in [-0.2, 0) is 24.2 Å². The van der Waals surface area contributed by atoms with E-state index in [9.17, 15) is 4.39 Å². The lowest BCUT2D eigenvalue weighted by Crippen LogP contribution is -2.37. The summed E-state index contributed by atoms with van der Waals surface area (Å²) in [4.78, 5) is 6.30. The molecular weight excluding hydrogens is 482 g/mol. The highest BCUT2D eigenvalue weighted by molar-refractivity contribution is 14.0. The van der Waals surface area contributed by atoms with Crippen molar-refractivity contribution in [1.29, 1.82) is 0 Å². The highest BCUT2D eigenvalue weighted by atomic mass is 127. The second kappa shape index (κ2) is 12.0. The number of benzene rings is 2. The van der Waals surface area contributed by atoms with Crippen molar-refractivity contribution in [1.82, 2.24) is 10.6 Å². The van der Waals surface area contributed by atoms with E-state index < -0.39 is 0 Å². The number of rotatable bonds is 6. The molecule has 1 aliphatic rings. The van der Waals surface area contributed by atoms with Crippen LogP contribution in [0.4, 0.5) is 10.1 Å². The Morgan fingerprint density at radius 3 is 2.41 bits per heavy atom. The van der Waals surface area contributed by atoms with Gasteiger partial charge in [0.1, 0.15) is 5.82 Å². The van der Waals surface area contributed by atoms with Crippen LogP contribution in [0.3, 0.4) is 0 Å². The monoisotopic (exact) mass is 512 g/mol. The minimum atomic E-state index is -0.194. The Hall–Kier alpha value is -1.87. The maximum absolute atomic E-state index is 14.5. The van der Waals surface area contributed by atoms with Gasteiger partial charge in [-0.05, 0) is 35.2 Å². The largest absolute Gasteiger partial charge is 0.378 e. The van der Waals surface area contributed by atoms with Gasteiger partial charge in [-0.15, -0.1) is 24.0 Å². The first-order chi connectivity index (χ1) is 13.7. The minimum absolute atomic E-state index is 0. The van der Waals surface area contributed by atoms with Gasteiger partial charge in [0.25, 0.3) is 0 Å². The van der Waals surface area contributed by atoms with E-state index in [1.807, 2.05) is 23.1 Å². The lowest BCUT2D eigenvalue weighted by atomic mass is 10.1. The van der Waals surface area contributed by atoms with Gasteiger partial charge in [-0.2, -0.15) is 0 Å². The van der Waals surface area contributed by atoms with Crippen LogP contribution in [-0.4, -0.2) is 39.3 Å². The summed E-state index contributed by atoms with van der Waals surface area (Å²) in [5.74, 6) is 0.504. The molecule has 1 saturated heterocycles. The zero-order valence-electron chi connectivity index (χ0n) is 17.1. The van der Waals surface area contributed by atoms with Crippen molar-refractivity contribution < 1.29 is 9.13 Å². The predicted octanol–water partition coefficient (Wildman–Crippen LogP) is 3.71. The zero-order chi connectivity index (χ0) is 19.8. The third kappa shape index (κ3) is 6.57. The van der Waals surface area contributed by atoms with E-state index in [0.717, 1.165) is 25.1 Å². The molecule has 0 aromatic heterocycles. The SMILES string of the molecule is CCc1ccccc1CNC(=NC)NCc1ccc(N2CCOCC2)c(F)c1.I. The second-order valence-corrected chi connectivity index (χ2v) is 6.79. The summed E-state index contributed by atoms with van der Waals surface area (Å²) in [6.07, 6.45) is 0.999. The third-order valence-electron chi connectivity index (χ3n) is 4.99. The van der Waals surface area contributed by atoms with E-state index in [1.54, 1.807) is 13.1 Å². The molecule has 7 heteroatoms. The van der Waals surface area contributed by atoms with Crippen molar-refractivity contribution in [3.63, 3.8) is 0 Å². The Morgan fingerprint density at radius 1 is 1.07 bits per heavy atom. The molecule has 158 valence electrons. The summed E-state index contributed by atoms with van der Waals surface area (Å²) < 4.78 is 19.9. The van der Waals surface area contributed by atoms with Crippen LogP contribution < -0.4 is 15.5 Å². The fourth-order valence-electron chi connectivity index (χ4n) is 3.38. The Bertz CT molecular complexity index is 809. The van der Waals surface area contributed by atoms with Crippen LogP contribution in [0.2, 0.25) is 0 Å². The topological polar surface area (TPSA) is 48.9 Å². The average Bonchev–Trinajstić information content (AvgIpc) is 2.75. The van der Waals surface area contributed by atoms with E-state index >= 15 is 0 Å². The first kappa shape index (κ1) is 23.4. The van der Waals surface area contributed by atoms with Crippen molar-refractivity contribution in [2.24, 2.45) is 4.99 Å². The fraction of sp³-hybridized carbons (Fsp3) is 0.409. The number of hydrogen-bond acceptors (Lipinski definition) is 3. The number of anilines is 1. The highest BCUT2D eigenvalue weighted by Crippen LogP contribution is 2.21. The van der Waals surface area contributed by atoms with Crippen molar-refractivity contribution in [2.45, 2.75) is 26.4 Å². The molecule has 2 aromatic carbocycles. The lowest BCUT2D eigenvalue weighted by Gasteiger charge is -2.29. The smallest absolute Gasteiger partial charge is 0.191 e. The summed E-state index contributed by atoms with van der Waals surface area (Å²) in [5.41, 5.74) is 4.11. The van der Waals surface area contributed by atoms with E-state index in [1.165, 1.54) is 11.1 Å². The molecule has 0 bridgehead atoms. The quantitative estimate of drug-likeness (QED) is 0.352. The van der Waals surface area contributed by atoms with Crippen LogP contribution in [0.5, 0.6) is 0 Å². The number of nitrogens with one attached hydrogen (secondary N) is 2. The molecule has 1 heterocycles. The van der Waals surface area contributed by atoms with Crippen molar-refractivity contribution >= 4 is 35.6 Å². The Kier molecular flexibility index (Phi) is 9.66. The number of aliphatic imine (C=N–C) groups is 1. The summed E-state index contributed by atoms with van der Waals surface area (Å²) >= 11 is 0. The van der Waals surface area contributed by atoms with Gasteiger partial charge in [-0.1, -0.05) is 37.3 Å². The van der Waals surface area contributed by atoms with Crippen LogP contribution >= 0.6 is 24.0 Å². The average molecular weight is 512 g/mol. The Morgan fingerprint density at radius 2 is 1.76 bits per heavy atom. The molecule has 3 rings (SSSR count). The molecule has 0 amide bonds. The van der Waals surface area contributed by atoms with Gasteiger partial charge in [0.2, 0.25) is 0 Å². The molecule has 0 unspecified atom stereocenters. The number of hydrogen-bond donors (Lipinski definition) is 2. The van der Waals surface area contributed by atoms with Crippen LogP contribution in [0.1, 0.15) is 23.6 Å². The fourth-order valence-corrected chi connectivity index (χ4v) is 3.38. The minimum Gasteiger partial charge on any atom is -0.378 e. The molecule has 29 heavy (non-hydrogen) atoms. The first-order valence-electron chi connectivity index (χ1n) is 9.83. The van der Waals surface area contributed by atoms with Crippen molar-refractivity contribution in [3.8, 4) is 0 Å². The van der Waals surface area contributed by atoms with E-state index in [-0.39, 0.29) is 29.8 Å². The van der Waals surface area contributed by atoms with Crippen molar-refractivity contribution in [2.75, 3.05) is 38.3 Å². The van der Waals surface area contributed by atoms with Crippen LogP contribution in [0.25, 0.3) is 0 Å². The van der Waals surface area contributed by atoms with E-state index in [2.05, 4.69) is 40.7 Å². The molecule has 2 aromatic rings. The summed E-state index contributed by atoms with van der Waals surface area (Å²) in [6, 6.07) is 13.8. The number of nitrogens with zero attached hydrogens (tertiary/aromatic N) is 2. The normalized spacial score (nSPS) is 14.3. The standard InChI is InChI=1S/C22H29FN4O.HI/c1-3-18-6-4-5-7-19(18)16-26-22(24-2)25-15-17-8-9-21(20(23)14-17)27-10-12-28-13-11-27;/h4-9,14H,3,10-13,15-16H2,1-2H3,(H2,24,25,26);1H. The Labute approximate surface area is 189 Å². The van der Waals surface area contributed by atoms with Crippen LogP contribution in [0.15, 0.2) is 47.5 Å². The number of halogens is 2. The van der Waals surface area contributed by atoms with Gasteiger partial charge >= 0.3 is 0 Å². The zero-order valence-corrected chi connectivity index (χ0v) is 19.4. The lowest BCUT2D eigenvalue weighted by molar-refractivity contribution is 0.122. The number of ether oxygens (including phenoxy) is 1. The number of guanidine groups is 1. The summed E-state index contributed by atoms with van der Waals surface area (Å²) in [7, 11) is 1.74. The summed E-state index contributed by atoms with van der Waals surface area (Å²) in [5, 5.41) is 6.59. The molecule has 0 aliphatic carbocycles. The Balaban J connectivity index is 0.00000300. The van der Waals surface area contributed by atoms with Gasteiger partial charge in [-0.3, -0.25) is 4.99 Å². The van der Waals surface area contributed by atoms with Crippen LogP contribution in [0, 0.1) is 5.82 Å². The molecule has 0 atom stereocenters. The van der Waals surface area contributed by atoms with Gasteiger partial charge in [0, 0.05) is 33.2 Å². The maximum Gasteiger partial charge on any atom is 0.191 e. The molecular formula is C22H30FIN4O. The molecule has 0 saturated carbocycles. The molecule has 1 fully saturated rings. The predicted molar refractivity (Wildman–Crippen MR) is 128 cm³/mol. The third-order valence-corrected chi connectivity index (χ3v) is 4.99.